The number of nitrogens with two attached hydrogens (primary N) is 1. The van der Waals surface area contributed by atoms with Crippen molar-refractivity contribution in [1.82, 2.24) is 9.88 Å². The van der Waals surface area contributed by atoms with Gasteiger partial charge in [-0.1, -0.05) is 60.7 Å². The van der Waals surface area contributed by atoms with Crippen molar-refractivity contribution in [3.63, 3.8) is 0 Å². The summed E-state index contributed by atoms with van der Waals surface area (Å²) in [5.41, 5.74) is 9.03. The monoisotopic (exact) mass is 426 g/mol. The Morgan fingerprint density at radius 2 is 1.56 bits per heavy atom. The van der Waals surface area contributed by atoms with Gasteiger partial charge in [-0.2, -0.15) is 4.98 Å². The summed E-state index contributed by atoms with van der Waals surface area (Å²) in [6, 6.07) is 25.8. The van der Waals surface area contributed by atoms with Crippen molar-refractivity contribution in [1.29, 1.82) is 0 Å². The SMILES string of the molecule is Nc1nc(-c2ccc(NC(=O)CN(Cc3ccccc3)C(=O)c3ccccc3)cc2)co1. The number of aromatic nitrogens is 1. The van der Waals surface area contributed by atoms with Crippen LogP contribution in [0.15, 0.2) is 95.6 Å². The number of anilines is 2. The highest BCUT2D eigenvalue weighted by atomic mass is 16.4. The fourth-order valence-electron chi connectivity index (χ4n) is 3.29. The quantitative estimate of drug-likeness (QED) is 0.461. The number of hydrogen-bond donors (Lipinski definition) is 2. The summed E-state index contributed by atoms with van der Waals surface area (Å²) in [6.07, 6.45) is 1.47. The number of nitrogens with one attached hydrogen (secondary N) is 1. The summed E-state index contributed by atoms with van der Waals surface area (Å²) in [5, 5.41) is 2.85. The number of oxazole rings is 1. The Morgan fingerprint density at radius 1 is 0.906 bits per heavy atom. The molecule has 0 spiro atoms. The van der Waals surface area contributed by atoms with E-state index in [-0.39, 0.29) is 24.4 Å². The van der Waals surface area contributed by atoms with E-state index in [4.69, 9.17) is 10.2 Å². The Bertz CT molecular complexity index is 1190. The minimum atomic E-state index is -0.288. The number of rotatable bonds is 7. The van der Waals surface area contributed by atoms with Crippen LogP contribution in [0.4, 0.5) is 11.7 Å². The molecule has 4 aromatic rings. The zero-order chi connectivity index (χ0) is 22.3. The number of carbonyl (C=O) groups is 2. The Balaban J connectivity index is 1.46. The highest BCUT2D eigenvalue weighted by Crippen LogP contribution is 2.21. The Kier molecular flexibility index (Phi) is 6.27. The molecule has 0 bridgehead atoms. The zero-order valence-electron chi connectivity index (χ0n) is 17.3. The fraction of sp³-hybridized carbons (Fsp3) is 0.0800. The first-order valence-electron chi connectivity index (χ1n) is 10.1. The molecule has 0 fully saturated rings. The van der Waals surface area contributed by atoms with Crippen molar-refractivity contribution in [2.75, 3.05) is 17.6 Å². The third-order valence-corrected chi connectivity index (χ3v) is 4.85. The highest BCUT2D eigenvalue weighted by molar-refractivity contribution is 5.99. The van der Waals surface area contributed by atoms with E-state index >= 15 is 0 Å². The summed E-state index contributed by atoms with van der Waals surface area (Å²) in [7, 11) is 0. The Labute approximate surface area is 185 Å². The summed E-state index contributed by atoms with van der Waals surface area (Å²) >= 11 is 0. The molecule has 7 nitrogen and oxygen atoms in total. The second kappa shape index (κ2) is 9.61. The van der Waals surface area contributed by atoms with Crippen LogP contribution in [0.1, 0.15) is 15.9 Å². The van der Waals surface area contributed by atoms with Gasteiger partial charge in [0.25, 0.3) is 11.9 Å². The molecule has 0 saturated heterocycles. The van der Waals surface area contributed by atoms with Crippen molar-refractivity contribution < 1.29 is 14.0 Å². The van der Waals surface area contributed by atoms with E-state index in [1.807, 2.05) is 48.5 Å². The first-order valence-corrected chi connectivity index (χ1v) is 10.1. The van der Waals surface area contributed by atoms with Gasteiger partial charge < -0.3 is 20.4 Å². The smallest absolute Gasteiger partial charge is 0.292 e. The normalized spacial score (nSPS) is 10.5. The summed E-state index contributed by atoms with van der Waals surface area (Å²) in [5.74, 6) is -0.493. The molecule has 0 aliphatic rings. The number of carbonyl (C=O) groups excluding carboxylic acids is 2. The van der Waals surface area contributed by atoms with E-state index in [0.29, 0.717) is 23.5 Å². The summed E-state index contributed by atoms with van der Waals surface area (Å²) < 4.78 is 5.02. The van der Waals surface area contributed by atoms with Crippen LogP contribution in [-0.2, 0) is 11.3 Å². The molecular formula is C25H22N4O3. The lowest BCUT2D eigenvalue weighted by Gasteiger charge is -2.22. The molecular weight excluding hydrogens is 404 g/mol. The maximum absolute atomic E-state index is 13.1. The predicted octanol–water partition coefficient (Wildman–Crippen LogP) is 4.20. The predicted molar refractivity (Wildman–Crippen MR) is 123 cm³/mol. The molecule has 1 heterocycles. The van der Waals surface area contributed by atoms with E-state index in [2.05, 4.69) is 10.3 Å². The average molecular weight is 426 g/mol. The Morgan fingerprint density at radius 3 is 2.19 bits per heavy atom. The van der Waals surface area contributed by atoms with Gasteiger partial charge in [0.2, 0.25) is 5.91 Å². The molecule has 0 saturated carbocycles. The molecule has 0 atom stereocenters. The minimum Gasteiger partial charge on any atom is -0.432 e. The highest BCUT2D eigenvalue weighted by Gasteiger charge is 2.19. The number of amides is 2. The second-order valence-electron chi connectivity index (χ2n) is 7.21. The van der Waals surface area contributed by atoms with Gasteiger partial charge in [0.1, 0.15) is 18.5 Å². The summed E-state index contributed by atoms with van der Waals surface area (Å²) in [6.45, 7) is 0.249. The van der Waals surface area contributed by atoms with Crippen LogP contribution >= 0.6 is 0 Å². The van der Waals surface area contributed by atoms with E-state index in [9.17, 15) is 9.59 Å². The van der Waals surface area contributed by atoms with E-state index < -0.39 is 0 Å². The molecule has 3 aromatic carbocycles. The standard InChI is InChI=1S/C25H22N4O3/c26-25-28-22(17-32-25)19-11-13-21(14-12-19)27-23(30)16-29(15-18-7-3-1-4-8-18)24(31)20-9-5-2-6-10-20/h1-14,17H,15-16H2,(H2,26,28)(H,27,30). The molecule has 3 N–H and O–H groups in total. The van der Waals surface area contributed by atoms with Gasteiger partial charge in [-0.05, 0) is 29.8 Å². The largest absolute Gasteiger partial charge is 0.432 e. The van der Waals surface area contributed by atoms with Crippen LogP contribution in [0.3, 0.4) is 0 Å². The fourth-order valence-corrected chi connectivity index (χ4v) is 3.29. The van der Waals surface area contributed by atoms with Crippen LogP contribution in [0.25, 0.3) is 11.3 Å². The van der Waals surface area contributed by atoms with Crippen LogP contribution in [0, 0.1) is 0 Å². The van der Waals surface area contributed by atoms with Crippen molar-refractivity contribution in [3.8, 4) is 11.3 Å². The third kappa shape index (κ3) is 5.20. The van der Waals surface area contributed by atoms with Gasteiger partial charge in [0.05, 0.1) is 0 Å². The zero-order valence-corrected chi connectivity index (χ0v) is 17.3. The molecule has 7 heteroatoms. The van der Waals surface area contributed by atoms with Gasteiger partial charge in [0, 0.05) is 23.4 Å². The molecule has 2 amide bonds. The lowest BCUT2D eigenvalue weighted by molar-refractivity contribution is -0.117. The lowest BCUT2D eigenvalue weighted by atomic mass is 10.1. The van der Waals surface area contributed by atoms with Crippen molar-refractivity contribution in [2.45, 2.75) is 6.54 Å². The average Bonchev–Trinajstić information content (AvgIpc) is 3.26. The Hall–Kier alpha value is -4.39. The first kappa shape index (κ1) is 20.9. The number of benzene rings is 3. The van der Waals surface area contributed by atoms with E-state index in [1.165, 1.54) is 11.2 Å². The van der Waals surface area contributed by atoms with E-state index in [1.54, 1.807) is 36.4 Å². The molecule has 1 aromatic heterocycles. The van der Waals surface area contributed by atoms with E-state index in [0.717, 1.165) is 11.1 Å². The maximum Gasteiger partial charge on any atom is 0.292 e. The van der Waals surface area contributed by atoms with Crippen LogP contribution in [0.5, 0.6) is 0 Å². The van der Waals surface area contributed by atoms with Crippen LogP contribution < -0.4 is 11.1 Å². The molecule has 4 rings (SSSR count). The van der Waals surface area contributed by atoms with Crippen LogP contribution in [-0.4, -0.2) is 28.2 Å². The summed E-state index contributed by atoms with van der Waals surface area (Å²) in [4.78, 5) is 31.4. The number of hydrogen-bond acceptors (Lipinski definition) is 5. The lowest BCUT2D eigenvalue weighted by Crippen LogP contribution is -2.37. The molecule has 0 aliphatic carbocycles. The molecule has 160 valence electrons. The topological polar surface area (TPSA) is 101 Å². The number of nitrogen functional groups attached to an aromatic ring is 1. The molecule has 0 aliphatic heterocycles. The molecule has 0 unspecified atom stereocenters. The molecule has 32 heavy (non-hydrogen) atoms. The molecule has 0 radical (unpaired) electrons. The van der Waals surface area contributed by atoms with Gasteiger partial charge >= 0.3 is 0 Å². The van der Waals surface area contributed by atoms with Crippen LogP contribution in [0.2, 0.25) is 0 Å². The van der Waals surface area contributed by atoms with Gasteiger partial charge in [-0.25, -0.2) is 0 Å². The maximum atomic E-state index is 13.1. The number of nitrogens with zero attached hydrogens (tertiary/aromatic N) is 2. The van der Waals surface area contributed by atoms with Gasteiger partial charge in [-0.3, -0.25) is 9.59 Å². The minimum absolute atomic E-state index is 0.0792. The van der Waals surface area contributed by atoms with Gasteiger partial charge in [0.15, 0.2) is 0 Å². The third-order valence-electron chi connectivity index (χ3n) is 4.85. The van der Waals surface area contributed by atoms with Crippen molar-refractivity contribution in [3.05, 3.63) is 102 Å². The van der Waals surface area contributed by atoms with Gasteiger partial charge in [-0.15, -0.1) is 0 Å². The van der Waals surface area contributed by atoms with Crippen molar-refractivity contribution in [2.24, 2.45) is 0 Å². The second-order valence-corrected chi connectivity index (χ2v) is 7.21. The van der Waals surface area contributed by atoms with Crippen molar-refractivity contribution >= 4 is 23.5 Å². The first-order chi connectivity index (χ1) is 15.6.